The summed E-state index contributed by atoms with van der Waals surface area (Å²) >= 11 is 0. The lowest BCUT2D eigenvalue weighted by Gasteiger charge is -1.88. The van der Waals surface area contributed by atoms with Crippen LogP contribution in [0, 0.1) is 0 Å². The molecular weight excluding hydrogens is 134 g/mol. The Bertz CT molecular complexity index is 149. The van der Waals surface area contributed by atoms with E-state index in [4.69, 9.17) is 0 Å². The molecule has 0 aromatic heterocycles. The summed E-state index contributed by atoms with van der Waals surface area (Å²) in [6.07, 6.45) is -4.84. The lowest BCUT2D eigenvalue weighted by atomic mass is 10.3. The number of alkyl halides is 2. The first-order valence-corrected chi connectivity index (χ1v) is 2.16. The maximum atomic E-state index is 11.9. The smallest absolute Gasteiger partial charge is 0.352 e. The predicted molar refractivity (Wildman–Crippen MR) is 20.9 cm³/mol. The molecule has 0 aliphatic carbocycles. The molecule has 1 heterocycles. The molecule has 1 saturated heterocycles. The molecule has 0 unspecified atom stereocenters. The van der Waals surface area contributed by atoms with Gasteiger partial charge in [-0.05, 0) is 0 Å². The molecule has 0 bridgehead atoms. The highest BCUT2D eigenvalue weighted by Gasteiger charge is 2.45. The van der Waals surface area contributed by atoms with Gasteiger partial charge in [-0.3, -0.25) is 0 Å². The quantitative estimate of drug-likeness (QED) is 0.340. The third-order valence-corrected chi connectivity index (χ3v) is 0.908. The van der Waals surface area contributed by atoms with E-state index in [0.717, 1.165) is 0 Å². The van der Waals surface area contributed by atoms with Crippen LogP contribution in [0.3, 0.4) is 0 Å². The molecular formula is C4H2F2O3. The molecule has 0 radical (unpaired) electrons. The molecule has 0 spiro atoms. The topological polar surface area (TPSA) is 43.4 Å². The largest absolute Gasteiger partial charge is 0.389 e. The molecule has 50 valence electrons. The van der Waals surface area contributed by atoms with Gasteiger partial charge in [-0.1, -0.05) is 0 Å². The van der Waals surface area contributed by atoms with Crippen molar-refractivity contribution in [2.75, 3.05) is 0 Å². The number of hydrogen-bond donors (Lipinski definition) is 0. The monoisotopic (exact) mass is 136 g/mol. The summed E-state index contributed by atoms with van der Waals surface area (Å²) in [5.41, 5.74) is 0. The third-order valence-electron chi connectivity index (χ3n) is 0.908. The van der Waals surface area contributed by atoms with E-state index in [2.05, 4.69) is 4.74 Å². The Kier molecular flexibility index (Phi) is 1.19. The molecule has 3 nitrogen and oxygen atoms in total. The minimum absolute atomic E-state index is 1.44. The van der Waals surface area contributed by atoms with Crippen LogP contribution in [0.5, 0.6) is 0 Å². The Morgan fingerprint density at radius 1 is 1.11 bits per heavy atom. The zero-order valence-electron chi connectivity index (χ0n) is 4.14. The van der Waals surface area contributed by atoms with Gasteiger partial charge in [-0.2, -0.15) is 0 Å². The van der Waals surface area contributed by atoms with Gasteiger partial charge in [0.1, 0.15) is 0 Å². The van der Waals surface area contributed by atoms with Crippen LogP contribution >= 0.6 is 0 Å². The van der Waals surface area contributed by atoms with E-state index in [9.17, 15) is 18.4 Å². The first kappa shape index (κ1) is 6.12. The van der Waals surface area contributed by atoms with Crippen molar-refractivity contribution in [1.82, 2.24) is 0 Å². The Labute approximate surface area is 48.6 Å². The van der Waals surface area contributed by atoms with Crippen LogP contribution in [-0.2, 0) is 14.3 Å². The van der Waals surface area contributed by atoms with Crippen molar-refractivity contribution in [1.29, 1.82) is 0 Å². The average Bonchev–Trinajstić information content (AvgIpc) is 1.98. The number of cyclic esters (lactones) is 2. The minimum atomic E-state index is -2.42. The Hall–Kier alpha value is -1.00. The second-order valence-corrected chi connectivity index (χ2v) is 1.54. The summed E-state index contributed by atoms with van der Waals surface area (Å²) in [6, 6.07) is 0. The van der Waals surface area contributed by atoms with Crippen molar-refractivity contribution in [3.05, 3.63) is 0 Å². The van der Waals surface area contributed by atoms with Crippen molar-refractivity contribution in [2.45, 2.75) is 12.3 Å². The molecule has 2 atom stereocenters. The van der Waals surface area contributed by atoms with Gasteiger partial charge in [0.25, 0.3) is 0 Å². The van der Waals surface area contributed by atoms with Crippen LogP contribution in [0.2, 0.25) is 0 Å². The Morgan fingerprint density at radius 2 is 1.44 bits per heavy atom. The maximum Gasteiger partial charge on any atom is 0.352 e. The van der Waals surface area contributed by atoms with Gasteiger partial charge in [0.2, 0.25) is 12.3 Å². The van der Waals surface area contributed by atoms with Crippen LogP contribution in [0.15, 0.2) is 0 Å². The summed E-state index contributed by atoms with van der Waals surface area (Å²) in [7, 11) is 0. The molecule has 9 heavy (non-hydrogen) atoms. The summed E-state index contributed by atoms with van der Waals surface area (Å²) in [4.78, 5) is 19.9. The summed E-state index contributed by atoms with van der Waals surface area (Å²) in [5.74, 6) is -2.87. The molecule has 1 fully saturated rings. The van der Waals surface area contributed by atoms with Gasteiger partial charge in [0.05, 0.1) is 0 Å². The highest BCUT2D eigenvalue weighted by Crippen LogP contribution is 2.15. The van der Waals surface area contributed by atoms with Crippen LogP contribution in [0.1, 0.15) is 0 Å². The molecule has 0 aromatic carbocycles. The summed E-state index contributed by atoms with van der Waals surface area (Å²) in [5, 5.41) is 0. The molecule has 0 N–H and O–H groups in total. The van der Waals surface area contributed by atoms with E-state index in [0.29, 0.717) is 0 Å². The highest BCUT2D eigenvalue weighted by molar-refractivity contribution is 5.99. The van der Waals surface area contributed by atoms with Crippen molar-refractivity contribution >= 4 is 11.9 Å². The molecule has 1 rings (SSSR count). The van der Waals surface area contributed by atoms with Crippen LogP contribution in [0.25, 0.3) is 0 Å². The first-order chi connectivity index (χ1) is 4.13. The van der Waals surface area contributed by atoms with E-state index >= 15 is 0 Å². The minimum Gasteiger partial charge on any atom is -0.389 e. The third kappa shape index (κ3) is 0.778. The van der Waals surface area contributed by atoms with Crippen LogP contribution < -0.4 is 0 Å². The van der Waals surface area contributed by atoms with Gasteiger partial charge < -0.3 is 4.74 Å². The van der Waals surface area contributed by atoms with Crippen molar-refractivity contribution in [3.63, 3.8) is 0 Å². The number of carbonyl (C=O) groups is 2. The fourth-order valence-electron chi connectivity index (χ4n) is 0.451. The SMILES string of the molecule is O=C1OC(=O)[C@H](F)[C@H]1F. The first-order valence-electron chi connectivity index (χ1n) is 2.16. The second-order valence-electron chi connectivity index (χ2n) is 1.54. The maximum absolute atomic E-state index is 11.9. The summed E-state index contributed by atoms with van der Waals surface area (Å²) in [6.45, 7) is 0. The van der Waals surface area contributed by atoms with E-state index in [1.54, 1.807) is 0 Å². The van der Waals surface area contributed by atoms with Crippen molar-refractivity contribution < 1.29 is 23.1 Å². The average molecular weight is 136 g/mol. The molecule has 1 aliphatic heterocycles. The van der Waals surface area contributed by atoms with Crippen LogP contribution in [0.4, 0.5) is 8.78 Å². The normalized spacial score (nSPS) is 34.9. The second kappa shape index (κ2) is 1.75. The van der Waals surface area contributed by atoms with E-state index in [-0.39, 0.29) is 0 Å². The van der Waals surface area contributed by atoms with Gasteiger partial charge in [-0.15, -0.1) is 0 Å². The van der Waals surface area contributed by atoms with E-state index in [1.165, 1.54) is 0 Å². The van der Waals surface area contributed by atoms with Crippen molar-refractivity contribution in [2.24, 2.45) is 0 Å². The lowest BCUT2D eigenvalue weighted by molar-refractivity contribution is -0.154. The number of carbonyl (C=O) groups excluding carboxylic acids is 2. The fraction of sp³-hybridized carbons (Fsp3) is 0.500. The number of rotatable bonds is 0. The van der Waals surface area contributed by atoms with Gasteiger partial charge in [-0.25, -0.2) is 18.4 Å². The fourth-order valence-corrected chi connectivity index (χ4v) is 0.451. The predicted octanol–water partition coefficient (Wildman–Crippen LogP) is -0.254. The number of halogens is 2. The standard InChI is InChI=1S/C4H2F2O3/c5-1-2(6)4(8)9-3(1)7/h1-2H/t1-,2-/m1/s1. The highest BCUT2D eigenvalue weighted by atomic mass is 19.2. The van der Waals surface area contributed by atoms with E-state index < -0.39 is 24.3 Å². The Balaban J connectivity index is 2.77. The molecule has 1 aliphatic rings. The summed E-state index contributed by atoms with van der Waals surface area (Å²) < 4.78 is 27.3. The zero-order chi connectivity index (χ0) is 7.02. The molecule has 0 saturated carbocycles. The van der Waals surface area contributed by atoms with Crippen LogP contribution in [-0.4, -0.2) is 24.3 Å². The Morgan fingerprint density at radius 3 is 1.56 bits per heavy atom. The zero-order valence-corrected chi connectivity index (χ0v) is 4.14. The van der Waals surface area contributed by atoms with Gasteiger partial charge in [0.15, 0.2) is 0 Å². The molecule has 0 amide bonds. The van der Waals surface area contributed by atoms with Gasteiger partial charge >= 0.3 is 11.9 Å². The number of hydrogen-bond acceptors (Lipinski definition) is 3. The number of esters is 2. The van der Waals surface area contributed by atoms with Crippen molar-refractivity contribution in [3.8, 4) is 0 Å². The van der Waals surface area contributed by atoms with Gasteiger partial charge in [0, 0.05) is 0 Å². The number of ether oxygens (including phenoxy) is 1. The van der Waals surface area contributed by atoms with E-state index in [1.807, 2.05) is 0 Å². The molecule has 0 aromatic rings. The molecule has 5 heteroatoms. The lowest BCUT2D eigenvalue weighted by Crippen LogP contribution is -2.19.